The fourth-order valence-corrected chi connectivity index (χ4v) is 1.66. The smallest absolute Gasteiger partial charge is 0.425 e. The van der Waals surface area contributed by atoms with Crippen molar-refractivity contribution in [2.24, 2.45) is 0 Å². The van der Waals surface area contributed by atoms with Crippen LogP contribution in [0, 0.1) is 0 Å². The normalized spacial score (nSPS) is 14.7. The van der Waals surface area contributed by atoms with E-state index in [2.05, 4.69) is 0 Å². The van der Waals surface area contributed by atoms with Gasteiger partial charge in [-0.15, -0.1) is 0 Å². The number of hydrogen-bond donors (Lipinski definition) is 1. The molecule has 0 saturated carbocycles. The number of hydrogen-bond acceptors (Lipinski definition) is 2. The average Bonchev–Trinajstić information content (AvgIpc) is 2.36. The van der Waals surface area contributed by atoms with E-state index in [-0.39, 0.29) is 5.75 Å². The topological polar surface area (TPSA) is 46.5 Å². The van der Waals surface area contributed by atoms with Crippen LogP contribution in [0.4, 0.5) is 13.2 Å². The maximum Gasteiger partial charge on any atom is 0.425 e. The third-order valence-electron chi connectivity index (χ3n) is 3.06. The van der Waals surface area contributed by atoms with Crippen LogP contribution in [0.2, 0.25) is 0 Å². The molecule has 6 heteroatoms. The van der Waals surface area contributed by atoms with Gasteiger partial charge in [0.15, 0.2) is 0 Å². The minimum atomic E-state index is -4.71. The first-order valence-electron chi connectivity index (χ1n) is 6.29. The lowest BCUT2D eigenvalue weighted by Crippen LogP contribution is -2.36. The van der Waals surface area contributed by atoms with Crippen LogP contribution in [0.25, 0.3) is 0 Å². The lowest BCUT2D eigenvalue weighted by atomic mass is 9.99. The summed E-state index contributed by atoms with van der Waals surface area (Å²) in [5, 5.41) is 8.49. The Bertz CT molecular complexity index is 440. The molecule has 2 atom stereocenters. The summed E-state index contributed by atoms with van der Waals surface area (Å²) in [5.74, 6) is -1.23. The number of benzene rings is 1. The number of rotatable bonds is 6. The monoisotopic (exact) mass is 290 g/mol. The van der Waals surface area contributed by atoms with Gasteiger partial charge in [-0.05, 0) is 30.0 Å². The van der Waals surface area contributed by atoms with Gasteiger partial charge in [0, 0.05) is 0 Å². The molecule has 0 radical (unpaired) electrons. The van der Waals surface area contributed by atoms with Crippen LogP contribution in [0.3, 0.4) is 0 Å². The zero-order valence-electron chi connectivity index (χ0n) is 11.3. The molecule has 0 heterocycles. The van der Waals surface area contributed by atoms with Crippen LogP contribution in [-0.2, 0) is 4.79 Å². The van der Waals surface area contributed by atoms with E-state index in [0.29, 0.717) is 5.92 Å². The molecule has 0 aliphatic heterocycles. The van der Waals surface area contributed by atoms with E-state index in [0.717, 1.165) is 12.0 Å². The molecule has 0 amide bonds. The van der Waals surface area contributed by atoms with Crippen molar-refractivity contribution in [3.05, 3.63) is 29.8 Å². The van der Waals surface area contributed by atoms with E-state index in [4.69, 9.17) is 9.84 Å². The number of carbonyl (C=O) groups is 1. The first-order valence-corrected chi connectivity index (χ1v) is 6.29. The highest BCUT2D eigenvalue weighted by Gasteiger charge is 2.43. The minimum absolute atomic E-state index is 0.0145. The summed E-state index contributed by atoms with van der Waals surface area (Å²) < 4.78 is 42.7. The zero-order chi connectivity index (χ0) is 15.3. The Morgan fingerprint density at radius 2 is 1.85 bits per heavy atom. The van der Waals surface area contributed by atoms with Gasteiger partial charge in [0.25, 0.3) is 0 Å². The van der Waals surface area contributed by atoms with E-state index < -0.39 is 24.7 Å². The predicted octanol–water partition coefficient (Wildman–Crippen LogP) is 3.98. The van der Waals surface area contributed by atoms with E-state index in [1.54, 1.807) is 12.1 Å². The molecular formula is C14H17F3O3. The Morgan fingerprint density at radius 1 is 1.30 bits per heavy atom. The predicted molar refractivity (Wildman–Crippen MR) is 67.9 cm³/mol. The van der Waals surface area contributed by atoms with Gasteiger partial charge < -0.3 is 9.84 Å². The summed E-state index contributed by atoms with van der Waals surface area (Å²) in [6.07, 6.45) is -7.25. The molecule has 0 fully saturated rings. The second kappa shape index (κ2) is 6.63. The Morgan fingerprint density at radius 3 is 2.25 bits per heavy atom. The molecule has 0 aliphatic carbocycles. The molecule has 0 aromatic heterocycles. The SMILES string of the molecule is CCC(C)c1ccc(OC(CC(=O)O)C(F)(F)F)cc1. The maximum atomic E-state index is 12.6. The largest absolute Gasteiger partial charge is 0.481 e. The van der Waals surface area contributed by atoms with Crippen LogP contribution in [-0.4, -0.2) is 23.4 Å². The standard InChI is InChI=1S/C14H17F3O3/c1-3-9(2)10-4-6-11(7-5-10)20-12(8-13(18)19)14(15,16)17/h4-7,9,12H,3,8H2,1-2H3,(H,18,19). The maximum absolute atomic E-state index is 12.6. The highest BCUT2D eigenvalue weighted by atomic mass is 19.4. The molecule has 0 bridgehead atoms. The molecule has 0 spiro atoms. The summed E-state index contributed by atoms with van der Waals surface area (Å²) in [5.41, 5.74) is 1.00. The molecule has 112 valence electrons. The lowest BCUT2D eigenvalue weighted by Gasteiger charge is -2.20. The van der Waals surface area contributed by atoms with Crippen LogP contribution >= 0.6 is 0 Å². The van der Waals surface area contributed by atoms with Crippen molar-refractivity contribution in [1.29, 1.82) is 0 Å². The molecule has 1 rings (SSSR count). The van der Waals surface area contributed by atoms with Crippen molar-refractivity contribution in [1.82, 2.24) is 0 Å². The minimum Gasteiger partial charge on any atom is -0.481 e. The first kappa shape index (κ1) is 16.3. The van der Waals surface area contributed by atoms with Gasteiger partial charge in [-0.2, -0.15) is 13.2 Å². The van der Waals surface area contributed by atoms with Crippen molar-refractivity contribution in [3.63, 3.8) is 0 Å². The molecule has 1 aromatic rings. The summed E-state index contributed by atoms with van der Waals surface area (Å²) in [7, 11) is 0. The van der Waals surface area contributed by atoms with Gasteiger partial charge in [-0.1, -0.05) is 26.0 Å². The van der Waals surface area contributed by atoms with Gasteiger partial charge >= 0.3 is 12.1 Å². The van der Waals surface area contributed by atoms with Crippen molar-refractivity contribution in [3.8, 4) is 5.75 Å². The van der Waals surface area contributed by atoms with E-state index in [1.807, 2.05) is 13.8 Å². The third-order valence-corrected chi connectivity index (χ3v) is 3.06. The van der Waals surface area contributed by atoms with Crippen molar-refractivity contribution >= 4 is 5.97 Å². The average molecular weight is 290 g/mol. The number of carboxylic acid groups (broad SMARTS) is 1. The summed E-state index contributed by atoms with van der Waals surface area (Å²) in [6.45, 7) is 4.03. The number of aliphatic carboxylic acids is 1. The van der Waals surface area contributed by atoms with E-state index in [9.17, 15) is 18.0 Å². The molecule has 1 aromatic carbocycles. The summed E-state index contributed by atoms with van der Waals surface area (Å²) in [4.78, 5) is 10.4. The lowest BCUT2D eigenvalue weighted by molar-refractivity contribution is -0.200. The van der Waals surface area contributed by atoms with Crippen molar-refractivity contribution in [2.75, 3.05) is 0 Å². The molecular weight excluding hydrogens is 273 g/mol. The fraction of sp³-hybridized carbons (Fsp3) is 0.500. The molecule has 0 saturated heterocycles. The Hall–Kier alpha value is -1.72. The van der Waals surface area contributed by atoms with Crippen LogP contribution in [0.5, 0.6) is 5.75 Å². The van der Waals surface area contributed by atoms with E-state index in [1.165, 1.54) is 12.1 Å². The number of carboxylic acids is 1. The molecule has 20 heavy (non-hydrogen) atoms. The van der Waals surface area contributed by atoms with Gasteiger partial charge in [-0.3, -0.25) is 4.79 Å². The zero-order valence-corrected chi connectivity index (χ0v) is 11.3. The van der Waals surface area contributed by atoms with Crippen molar-refractivity contribution < 1.29 is 27.8 Å². The van der Waals surface area contributed by atoms with Crippen molar-refractivity contribution in [2.45, 2.75) is 44.9 Å². The van der Waals surface area contributed by atoms with Gasteiger partial charge in [0.1, 0.15) is 5.75 Å². The van der Waals surface area contributed by atoms with Gasteiger partial charge in [0.05, 0.1) is 6.42 Å². The Kier molecular flexibility index (Phi) is 5.42. The second-order valence-electron chi connectivity index (χ2n) is 4.62. The highest BCUT2D eigenvalue weighted by Crippen LogP contribution is 2.28. The fourth-order valence-electron chi connectivity index (χ4n) is 1.66. The quantitative estimate of drug-likeness (QED) is 0.861. The number of alkyl halides is 3. The third kappa shape index (κ3) is 4.75. The Labute approximate surface area is 115 Å². The van der Waals surface area contributed by atoms with Crippen LogP contribution < -0.4 is 4.74 Å². The van der Waals surface area contributed by atoms with Crippen LogP contribution in [0.15, 0.2) is 24.3 Å². The van der Waals surface area contributed by atoms with Gasteiger partial charge in [0.2, 0.25) is 6.10 Å². The van der Waals surface area contributed by atoms with Crippen LogP contribution in [0.1, 0.15) is 38.2 Å². The van der Waals surface area contributed by atoms with Gasteiger partial charge in [-0.25, -0.2) is 0 Å². The summed E-state index contributed by atoms with van der Waals surface area (Å²) >= 11 is 0. The first-order chi connectivity index (χ1) is 9.24. The molecule has 1 N–H and O–H groups in total. The Balaban J connectivity index is 2.81. The number of halogens is 3. The summed E-state index contributed by atoms with van der Waals surface area (Å²) in [6, 6.07) is 6.25. The number of ether oxygens (including phenoxy) is 1. The highest BCUT2D eigenvalue weighted by molar-refractivity contribution is 5.67. The molecule has 2 unspecified atom stereocenters. The van der Waals surface area contributed by atoms with E-state index >= 15 is 0 Å². The second-order valence-corrected chi connectivity index (χ2v) is 4.62. The molecule has 0 aliphatic rings. The molecule has 3 nitrogen and oxygen atoms in total.